The molecule has 0 amide bonds. The van der Waals surface area contributed by atoms with Crippen LogP contribution >= 0.6 is 0 Å². The third-order valence-corrected chi connectivity index (χ3v) is 6.56. The number of anilines is 1. The zero-order chi connectivity index (χ0) is 23.0. The molecule has 0 N–H and O–H groups in total. The van der Waals surface area contributed by atoms with Crippen LogP contribution in [-0.2, 0) is 6.18 Å². The molecule has 1 fully saturated rings. The Hall–Kier alpha value is -3.35. The van der Waals surface area contributed by atoms with Crippen LogP contribution < -0.4 is 4.90 Å². The third-order valence-electron chi connectivity index (χ3n) is 6.56. The Morgan fingerprint density at radius 3 is 2.42 bits per heavy atom. The van der Waals surface area contributed by atoms with Gasteiger partial charge < -0.3 is 9.47 Å². The van der Waals surface area contributed by atoms with Crippen molar-refractivity contribution in [3.63, 3.8) is 0 Å². The molecule has 1 saturated carbocycles. The molecule has 7 heteroatoms. The van der Waals surface area contributed by atoms with Gasteiger partial charge in [0, 0.05) is 30.5 Å². The average molecular weight is 451 g/mol. The van der Waals surface area contributed by atoms with Crippen molar-refractivity contribution in [2.75, 3.05) is 11.9 Å². The predicted molar refractivity (Wildman–Crippen MR) is 125 cm³/mol. The quantitative estimate of drug-likeness (QED) is 0.340. The summed E-state index contributed by atoms with van der Waals surface area (Å²) in [5.74, 6) is 0.816. The van der Waals surface area contributed by atoms with Crippen LogP contribution in [0.1, 0.15) is 37.7 Å². The number of nitrogens with zero attached hydrogens (tertiary/aromatic N) is 4. The summed E-state index contributed by atoms with van der Waals surface area (Å²) in [6.07, 6.45) is 4.83. The van der Waals surface area contributed by atoms with E-state index in [0.717, 1.165) is 41.2 Å². The maximum absolute atomic E-state index is 13.4. The van der Waals surface area contributed by atoms with E-state index < -0.39 is 11.7 Å². The van der Waals surface area contributed by atoms with E-state index in [1.807, 2.05) is 36.5 Å². The lowest BCUT2D eigenvalue weighted by Gasteiger charge is -2.32. The number of hydrogen-bond acceptors (Lipinski definition) is 3. The van der Waals surface area contributed by atoms with Crippen LogP contribution in [0.3, 0.4) is 0 Å². The number of halogens is 3. The first-order chi connectivity index (χ1) is 15.9. The smallest absolute Gasteiger partial charge is 0.356 e. The van der Waals surface area contributed by atoms with Crippen molar-refractivity contribution in [2.24, 2.45) is 0 Å². The lowest BCUT2D eigenvalue weighted by Crippen LogP contribution is -2.34. The number of hydrogen-bond donors (Lipinski definition) is 0. The van der Waals surface area contributed by atoms with Crippen molar-refractivity contribution in [2.45, 2.75) is 44.3 Å². The van der Waals surface area contributed by atoms with Gasteiger partial charge >= 0.3 is 6.18 Å². The minimum Gasteiger partial charge on any atom is -0.356 e. The summed E-state index contributed by atoms with van der Waals surface area (Å²) in [5, 5.41) is 0.856. The van der Waals surface area contributed by atoms with Crippen LogP contribution in [0, 0.1) is 0 Å². The Labute approximate surface area is 190 Å². The first-order valence-electron chi connectivity index (χ1n) is 11.3. The van der Waals surface area contributed by atoms with E-state index >= 15 is 0 Å². The monoisotopic (exact) mass is 450 g/mol. The highest BCUT2D eigenvalue weighted by Gasteiger charge is 2.31. The number of benzene rings is 2. The van der Waals surface area contributed by atoms with Gasteiger partial charge in [-0.25, -0.2) is 9.97 Å². The van der Waals surface area contributed by atoms with Gasteiger partial charge in [-0.05, 0) is 36.6 Å². The van der Waals surface area contributed by atoms with Gasteiger partial charge in [-0.3, -0.25) is 0 Å². The topological polar surface area (TPSA) is 34.0 Å². The van der Waals surface area contributed by atoms with E-state index in [2.05, 4.69) is 21.9 Å². The molecule has 0 saturated heterocycles. The molecule has 170 valence electrons. The molecule has 33 heavy (non-hydrogen) atoms. The van der Waals surface area contributed by atoms with Crippen LogP contribution in [0.25, 0.3) is 27.8 Å². The zero-order valence-corrected chi connectivity index (χ0v) is 18.4. The summed E-state index contributed by atoms with van der Waals surface area (Å²) in [4.78, 5) is 11.4. The number of fused-ring (bicyclic) bond motifs is 1. The fraction of sp³-hybridized carbons (Fsp3) is 0.308. The van der Waals surface area contributed by atoms with Gasteiger partial charge in [-0.2, -0.15) is 13.2 Å². The van der Waals surface area contributed by atoms with Crippen molar-refractivity contribution in [3.05, 3.63) is 72.7 Å². The van der Waals surface area contributed by atoms with E-state index in [1.54, 1.807) is 10.6 Å². The largest absolute Gasteiger partial charge is 0.416 e. The average Bonchev–Trinajstić information content (AvgIpc) is 3.24. The van der Waals surface area contributed by atoms with Gasteiger partial charge in [-0.15, -0.1) is 0 Å². The first kappa shape index (κ1) is 21.5. The van der Waals surface area contributed by atoms with Crippen LogP contribution in [0.15, 0.2) is 67.1 Å². The molecule has 2 heterocycles. The highest BCUT2D eigenvalue weighted by atomic mass is 19.4. The Morgan fingerprint density at radius 1 is 0.939 bits per heavy atom. The third kappa shape index (κ3) is 4.08. The standard InChI is InChI=1S/C26H25F3N4/c1-32(20-12-6-3-7-13-20)24-23-22(18-9-4-2-5-10-18)16-33(25(23)31-17-30-24)21-14-8-11-19(15-21)26(27,28)29/h2,4-5,8-11,14-17,20H,3,6-7,12-13H2,1H3. The maximum atomic E-state index is 13.4. The Balaban J connectivity index is 1.73. The van der Waals surface area contributed by atoms with Gasteiger partial charge in [0.2, 0.25) is 0 Å². The summed E-state index contributed by atoms with van der Waals surface area (Å²) >= 11 is 0. The van der Waals surface area contributed by atoms with Crippen molar-refractivity contribution in [1.82, 2.24) is 14.5 Å². The van der Waals surface area contributed by atoms with Crippen molar-refractivity contribution in [3.8, 4) is 16.8 Å². The van der Waals surface area contributed by atoms with Gasteiger partial charge in [-0.1, -0.05) is 55.7 Å². The SMILES string of the molecule is CN(c1ncnc2c1c(-c1ccccc1)cn2-c1cccc(C(F)(F)F)c1)C1CCCCC1. The van der Waals surface area contributed by atoms with E-state index in [4.69, 9.17) is 0 Å². The van der Waals surface area contributed by atoms with E-state index in [1.165, 1.54) is 37.7 Å². The molecule has 1 aliphatic rings. The molecule has 2 aromatic heterocycles. The summed E-state index contributed by atoms with van der Waals surface area (Å²) < 4.78 is 41.9. The lowest BCUT2D eigenvalue weighted by molar-refractivity contribution is -0.137. The van der Waals surface area contributed by atoms with Crippen molar-refractivity contribution >= 4 is 16.9 Å². The fourth-order valence-corrected chi connectivity index (χ4v) is 4.82. The van der Waals surface area contributed by atoms with Crippen molar-refractivity contribution < 1.29 is 13.2 Å². The molecule has 4 aromatic rings. The Bertz CT molecular complexity index is 1260. The van der Waals surface area contributed by atoms with Crippen LogP contribution in [0.2, 0.25) is 0 Å². The molecule has 0 aliphatic heterocycles. The molecule has 2 aromatic carbocycles. The highest BCUT2D eigenvalue weighted by molar-refractivity contribution is 6.02. The Morgan fingerprint density at radius 2 is 1.70 bits per heavy atom. The maximum Gasteiger partial charge on any atom is 0.416 e. The molecule has 1 aliphatic carbocycles. The number of rotatable bonds is 4. The molecule has 5 rings (SSSR count). The predicted octanol–water partition coefficient (Wildman–Crippen LogP) is 6.88. The van der Waals surface area contributed by atoms with Crippen molar-refractivity contribution in [1.29, 1.82) is 0 Å². The van der Waals surface area contributed by atoms with Crippen LogP contribution in [0.5, 0.6) is 0 Å². The molecule has 0 spiro atoms. The summed E-state index contributed by atoms with van der Waals surface area (Å²) in [6.45, 7) is 0. The minimum atomic E-state index is -4.41. The van der Waals surface area contributed by atoms with E-state index in [9.17, 15) is 13.2 Å². The molecule has 0 atom stereocenters. The molecular weight excluding hydrogens is 425 g/mol. The number of aromatic nitrogens is 3. The van der Waals surface area contributed by atoms with E-state index in [0.29, 0.717) is 17.4 Å². The molecule has 0 radical (unpaired) electrons. The second-order valence-corrected chi connectivity index (χ2v) is 8.63. The van der Waals surface area contributed by atoms with Gasteiger partial charge in [0.05, 0.1) is 10.9 Å². The summed E-state index contributed by atoms with van der Waals surface area (Å²) in [5.41, 5.74) is 2.21. The molecular formula is C26H25F3N4. The second kappa shape index (κ2) is 8.54. The van der Waals surface area contributed by atoms with Gasteiger partial charge in [0.15, 0.2) is 5.65 Å². The molecule has 0 unspecified atom stereocenters. The lowest BCUT2D eigenvalue weighted by atomic mass is 9.94. The normalized spacial score (nSPS) is 15.2. The van der Waals surface area contributed by atoms with Gasteiger partial charge in [0.25, 0.3) is 0 Å². The molecule has 0 bridgehead atoms. The Kier molecular flexibility index (Phi) is 5.56. The zero-order valence-electron chi connectivity index (χ0n) is 18.4. The molecule has 4 nitrogen and oxygen atoms in total. The fourth-order valence-electron chi connectivity index (χ4n) is 4.82. The summed E-state index contributed by atoms with van der Waals surface area (Å²) in [7, 11) is 2.06. The first-order valence-corrected chi connectivity index (χ1v) is 11.3. The van der Waals surface area contributed by atoms with Crippen LogP contribution in [-0.4, -0.2) is 27.6 Å². The van der Waals surface area contributed by atoms with E-state index in [-0.39, 0.29) is 0 Å². The minimum absolute atomic E-state index is 0.386. The second-order valence-electron chi connectivity index (χ2n) is 8.63. The summed E-state index contributed by atoms with van der Waals surface area (Å²) in [6, 6.07) is 15.6. The number of alkyl halides is 3. The highest BCUT2D eigenvalue weighted by Crippen LogP contribution is 2.39. The van der Waals surface area contributed by atoms with Gasteiger partial charge in [0.1, 0.15) is 12.1 Å². The van der Waals surface area contributed by atoms with Crippen LogP contribution in [0.4, 0.5) is 19.0 Å².